The maximum absolute atomic E-state index is 12.2. The molecular weight excluding hydrogens is 322 g/mol. The maximum atomic E-state index is 12.2. The summed E-state index contributed by atoms with van der Waals surface area (Å²) in [6.45, 7) is 8.73. The van der Waals surface area contributed by atoms with Crippen LogP contribution in [0, 0.1) is 11.3 Å². The Bertz CT molecular complexity index is 554. The molecule has 20 heavy (non-hydrogen) atoms. The predicted molar refractivity (Wildman–Crippen MR) is 82.9 cm³/mol. The summed E-state index contributed by atoms with van der Waals surface area (Å²) in [4.78, 5) is 12.2. The minimum atomic E-state index is -0.298. The van der Waals surface area contributed by atoms with Crippen molar-refractivity contribution in [2.45, 2.75) is 52.8 Å². The van der Waals surface area contributed by atoms with Crippen LogP contribution in [0.3, 0.4) is 0 Å². The topological polar surface area (TPSA) is 67.2 Å². The van der Waals surface area contributed by atoms with Crippen LogP contribution < -0.4 is 10.9 Å². The zero-order chi connectivity index (χ0) is 15.1. The molecule has 1 aromatic heterocycles. The highest BCUT2D eigenvalue weighted by Crippen LogP contribution is 2.42. The molecule has 1 fully saturated rings. The maximum Gasteiger partial charge on any atom is 0.283 e. The molecule has 1 saturated carbocycles. The van der Waals surface area contributed by atoms with E-state index in [9.17, 15) is 9.90 Å². The first kappa shape index (κ1) is 15.5. The molecule has 112 valence electrons. The molecule has 0 aromatic carbocycles. The molecule has 0 amide bonds. The van der Waals surface area contributed by atoms with Crippen molar-refractivity contribution in [1.82, 2.24) is 9.78 Å². The van der Waals surface area contributed by atoms with Gasteiger partial charge < -0.3 is 10.4 Å². The lowest BCUT2D eigenvalue weighted by Crippen LogP contribution is -2.57. The number of rotatable bonds is 4. The van der Waals surface area contributed by atoms with Crippen molar-refractivity contribution >= 4 is 21.6 Å². The first-order valence-electron chi connectivity index (χ1n) is 6.93. The summed E-state index contributed by atoms with van der Waals surface area (Å²) >= 11 is 3.36. The highest BCUT2D eigenvalue weighted by Gasteiger charge is 2.47. The smallest absolute Gasteiger partial charge is 0.283 e. The van der Waals surface area contributed by atoms with Crippen LogP contribution in [0.25, 0.3) is 0 Å². The van der Waals surface area contributed by atoms with Gasteiger partial charge >= 0.3 is 0 Å². The predicted octanol–water partition coefficient (Wildman–Crippen LogP) is 2.23. The molecule has 0 radical (unpaired) electrons. The number of hydrogen-bond donors (Lipinski definition) is 2. The highest BCUT2D eigenvalue weighted by molar-refractivity contribution is 9.10. The monoisotopic (exact) mass is 343 g/mol. The first-order chi connectivity index (χ1) is 9.23. The van der Waals surface area contributed by atoms with Gasteiger partial charge in [-0.3, -0.25) is 4.79 Å². The average Bonchev–Trinajstić information content (AvgIpc) is 2.37. The molecule has 1 aliphatic carbocycles. The Hall–Kier alpha value is -0.880. The fraction of sp³-hybridized carbons (Fsp3) is 0.714. The van der Waals surface area contributed by atoms with Gasteiger partial charge in [0.2, 0.25) is 0 Å². The Morgan fingerprint density at radius 1 is 1.60 bits per heavy atom. The molecule has 2 N–H and O–H groups in total. The molecule has 0 bridgehead atoms. The number of hydrogen-bond acceptors (Lipinski definition) is 4. The molecule has 2 unspecified atom stereocenters. The van der Waals surface area contributed by atoms with Crippen LogP contribution in [0.1, 0.15) is 34.1 Å². The van der Waals surface area contributed by atoms with Crippen LogP contribution in [-0.2, 0) is 6.54 Å². The summed E-state index contributed by atoms with van der Waals surface area (Å²) in [5.74, 6) is 0.367. The lowest BCUT2D eigenvalue weighted by Gasteiger charge is -2.49. The molecule has 2 atom stereocenters. The minimum Gasteiger partial charge on any atom is -0.392 e. The van der Waals surface area contributed by atoms with Gasteiger partial charge in [-0.15, -0.1) is 0 Å². The van der Waals surface area contributed by atoms with E-state index in [1.807, 2.05) is 27.7 Å². The second-order valence-electron chi connectivity index (χ2n) is 6.52. The lowest BCUT2D eigenvalue weighted by molar-refractivity contribution is -0.0510. The summed E-state index contributed by atoms with van der Waals surface area (Å²) < 4.78 is 1.98. The molecule has 0 saturated heterocycles. The van der Waals surface area contributed by atoms with E-state index in [0.29, 0.717) is 29.0 Å². The summed E-state index contributed by atoms with van der Waals surface area (Å²) in [5, 5.41) is 17.3. The van der Waals surface area contributed by atoms with E-state index in [1.165, 1.54) is 4.68 Å². The Labute approximate surface area is 127 Å². The van der Waals surface area contributed by atoms with Gasteiger partial charge in [-0.05, 0) is 28.3 Å². The van der Waals surface area contributed by atoms with E-state index in [4.69, 9.17) is 0 Å². The van der Waals surface area contributed by atoms with Crippen LogP contribution >= 0.6 is 15.9 Å². The van der Waals surface area contributed by atoms with Gasteiger partial charge in [0.1, 0.15) is 4.47 Å². The molecule has 0 aliphatic heterocycles. The molecule has 1 aliphatic rings. The number of nitrogens with one attached hydrogen (secondary N) is 1. The van der Waals surface area contributed by atoms with Gasteiger partial charge in [0.25, 0.3) is 5.56 Å². The zero-order valence-corrected chi connectivity index (χ0v) is 13.9. The summed E-state index contributed by atoms with van der Waals surface area (Å²) in [6.07, 6.45) is 2.07. The van der Waals surface area contributed by atoms with Gasteiger partial charge in [0, 0.05) is 18.0 Å². The molecule has 1 aromatic rings. The fourth-order valence-corrected chi connectivity index (χ4v) is 2.80. The average molecular weight is 344 g/mol. The van der Waals surface area contributed by atoms with Crippen molar-refractivity contribution in [3.63, 3.8) is 0 Å². The Kier molecular flexibility index (Phi) is 4.25. The van der Waals surface area contributed by atoms with Crippen molar-refractivity contribution in [3.05, 3.63) is 21.0 Å². The van der Waals surface area contributed by atoms with Crippen molar-refractivity contribution in [3.8, 4) is 0 Å². The first-order valence-corrected chi connectivity index (χ1v) is 7.73. The quantitative estimate of drug-likeness (QED) is 0.879. The van der Waals surface area contributed by atoms with Crippen molar-refractivity contribution in [1.29, 1.82) is 0 Å². The normalized spacial score (nSPS) is 24.6. The van der Waals surface area contributed by atoms with Crippen molar-refractivity contribution in [2.24, 2.45) is 11.3 Å². The molecule has 5 nitrogen and oxygen atoms in total. The second kappa shape index (κ2) is 5.48. The summed E-state index contributed by atoms with van der Waals surface area (Å²) in [7, 11) is 0. The minimum absolute atomic E-state index is 0.124. The number of aliphatic hydroxyl groups excluding tert-OH is 1. The molecular formula is C14H22BrN3O2. The largest absolute Gasteiger partial charge is 0.392 e. The number of halogens is 1. The standard InChI is InChI=1S/C14H22BrN3O2/c1-8(2)7-18-13(20)12(15)9(6-16-18)17-10-5-11(19)14(10,3)4/h6,8,10-11,17,19H,5,7H2,1-4H3. The van der Waals surface area contributed by atoms with E-state index in [-0.39, 0.29) is 23.1 Å². The fourth-order valence-electron chi connectivity index (χ4n) is 2.38. The van der Waals surface area contributed by atoms with Gasteiger partial charge in [-0.25, -0.2) is 4.68 Å². The van der Waals surface area contributed by atoms with Crippen LogP contribution in [-0.4, -0.2) is 27.0 Å². The van der Waals surface area contributed by atoms with Crippen LogP contribution in [0.15, 0.2) is 15.5 Å². The summed E-state index contributed by atoms with van der Waals surface area (Å²) in [6, 6.07) is 0.149. The lowest BCUT2D eigenvalue weighted by atomic mass is 9.64. The third kappa shape index (κ3) is 2.76. The van der Waals surface area contributed by atoms with E-state index in [2.05, 4.69) is 26.3 Å². The Balaban J connectivity index is 2.19. The van der Waals surface area contributed by atoms with E-state index in [1.54, 1.807) is 6.20 Å². The number of aromatic nitrogens is 2. The third-order valence-corrected chi connectivity index (χ3v) is 4.83. The van der Waals surface area contributed by atoms with Gasteiger partial charge in [0.05, 0.1) is 18.0 Å². The second-order valence-corrected chi connectivity index (χ2v) is 7.32. The number of anilines is 1. The highest BCUT2D eigenvalue weighted by atomic mass is 79.9. The van der Waals surface area contributed by atoms with Gasteiger partial charge in [0.15, 0.2) is 0 Å². The molecule has 2 rings (SSSR count). The Morgan fingerprint density at radius 3 is 2.75 bits per heavy atom. The van der Waals surface area contributed by atoms with E-state index < -0.39 is 0 Å². The molecule has 1 heterocycles. The Morgan fingerprint density at radius 2 is 2.25 bits per heavy atom. The summed E-state index contributed by atoms with van der Waals surface area (Å²) in [5.41, 5.74) is 0.382. The zero-order valence-electron chi connectivity index (χ0n) is 12.4. The van der Waals surface area contributed by atoms with Crippen molar-refractivity contribution < 1.29 is 5.11 Å². The molecule has 0 spiro atoms. The number of nitrogens with zero attached hydrogens (tertiary/aromatic N) is 2. The van der Waals surface area contributed by atoms with Crippen LogP contribution in [0.5, 0.6) is 0 Å². The van der Waals surface area contributed by atoms with Gasteiger partial charge in [-0.1, -0.05) is 27.7 Å². The van der Waals surface area contributed by atoms with E-state index >= 15 is 0 Å². The SMILES string of the molecule is CC(C)Cn1ncc(NC2CC(O)C2(C)C)c(Br)c1=O. The third-order valence-electron chi connectivity index (χ3n) is 4.07. The van der Waals surface area contributed by atoms with E-state index in [0.717, 1.165) is 0 Å². The van der Waals surface area contributed by atoms with Crippen LogP contribution in [0.4, 0.5) is 5.69 Å². The van der Waals surface area contributed by atoms with Crippen LogP contribution in [0.2, 0.25) is 0 Å². The van der Waals surface area contributed by atoms with Gasteiger partial charge in [-0.2, -0.15) is 5.10 Å². The number of aliphatic hydroxyl groups is 1. The van der Waals surface area contributed by atoms with Crippen molar-refractivity contribution in [2.75, 3.05) is 5.32 Å². The molecule has 6 heteroatoms.